The SMILES string of the molecule is Nc1ccc(Cl)cc1S(=O)CC1CCCc2ccccc21. The predicted molar refractivity (Wildman–Crippen MR) is 89.3 cm³/mol. The van der Waals surface area contributed by atoms with E-state index in [1.165, 1.54) is 11.1 Å². The molecule has 0 heterocycles. The number of nitrogen functional groups attached to an aromatic ring is 1. The maximum Gasteiger partial charge on any atom is 0.0632 e. The molecule has 0 amide bonds. The summed E-state index contributed by atoms with van der Waals surface area (Å²) in [7, 11) is -1.12. The zero-order valence-electron chi connectivity index (χ0n) is 11.7. The lowest BCUT2D eigenvalue weighted by atomic mass is 9.84. The molecule has 0 fully saturated rings. The van der Waals surface area contributed by atoms with Gasteiger partial charge in [0.25, 0.3) is 0 Å². The second-order valence-corrected chi connectivity index (χ2v) is 7.38. The maximum atomic E-state index is 12.7. The lowest BCUT2D eigenvalue weighted by Gasteiger charge is -2.25. The summed E-state index contributed by atoms with van der Waals surface area (Å²) in [5.41, 5.74) is 9.23. The molecule has 2 atom stereocenters. The summed E-state index contributed by atoms with van der Waals surface area (Å²) < 4.78 is 12.7. The molecule has 3 rings (SSSR count). The Morgan fingerprint density at radius 1 is 1.24 bits per heavy atom. The van der Waals surface area contributed by atoms with E-state index in [0.29, 0.717) is 27.3 Å². The van der Waals surface area contributed by atoms with Gasteiger partial charge in [-0.3, -0.25) is 4.21 Å². The summed E-state index contributed by atoms with van der Waals surface area (Å²) in [5.74, 6) is 0.954. The fourth-order valence-electron chi connectivity index (χ4n) is 3.01. The molecule has 1 aliphatic carbocycles. The average Bonchev–Trinajstić information content (AvgIpc) is 2.50. The number of benzene rings is 2. The van der Waals surface area contributed by atoms with Crippen molar-refractivity contribution in [2.75, 3.05) is 11.5 Å². The third kappa shape index (κ3) is 3.14. The second kappa shape index (κ2) is 6.20. The van der Waals surface area contributed by atoms with E-state index < -0.39 is 10.8 Å². The van der Waals surface area contributed by atoms with Crippen molar-refractivity contribution < 1.29 is 4.21 Å². The number of hydrogen-bond acceptors (Lipinski definition) is 2. The van der Waals surface area contributed by atoms with E-state index in [0.717, 1.165) is 19.3 Å². The van der Waals surface area contributed by atoms with E-state index in [-0.39, 0.29) is 0 Å². The molecule has 2 nitrogen and oxygen atoms in total. The summed E-state index contributed by atoms with van der Waals surface area (Å²) in [6.45, 7) is 0. The van der Waals surface area contributed by atoms with E-state index in [1.54, 1.807) is 18.2 Å². The molecule has 0 bridgehead atoms. The molecule has 110 valence electrons. The zero-order chi connectivity index (χ0) is 14.8. The van der Waals surface area contributed by atoms with E-state index in [1.807, 2.05) is 0 Å². The molecule has 0 saturated carbocycles. The Bertz CT molecular complexity index is 686. The quantitative estimate of drug-likeness (QED) is 0.864. The Labute approximate surface area is 132 Å². The van der Waals surface area contributed by atoms with Crippen LogP contribution in [0.25, 0.3) is 0 Å². The molecule has 2 N–H and O–H groups in total. The fourth-order valence-corrected chi connectivity index (χ4v) is 4.72. The minimum Gasteiger partial charge on any atom is -0.398 e. The van der Waals surface area contributed by atoms with Crippen molar-refractivity contribution in [3.63, 3.8) is 0 Å². The zero-order valence-corrected chi connectivity index (χ0v) is 13.3. The van der Waals surface area contributed by atoms with Crippen molar-refractivity contribution >= 4 is 28.1 Å². The van der Waals surface area contributed by atoms with Crippen LogP contribution in [0.1, 0.15) is 29.9 Å². The van der Waals surface area contributed by atoms with Gasteiger partial charge < -0.3 is 5.73 Å². The molecule has 4 heteroatoms. The van der Waals surface area contributed by atoms with Crippen molar-refractivity contribution in [2.45, 2.75) is 30.1 Å². The molecule has 0 aliphatic heterocycles. The summed E-state index contributed by atoms with van der Waals surface area (Å²) in [6.07, 6.45) is 3.37. The van der Waals surface area contributed by atoms with Crippen molar-refractivity contribution in [3.8, 4) is 0 Å². The lowest BCUT2D eigenvalue weighted by molar-refractivity contribution is 0.588. The van der Waals surface area contributed by atoms with E-state index in [4.69, 9.17) is 17.3 Å². The predicted octanol–water partition coefficient (Wildman–Crippen LogP) is 4.15. The molecule has 2 aromatic rings. The van der Waals surface area contributed by atoms with Crippen LogP contribution in [-0.4, -0.2) is 9.96 Å². The van der Waals surface area contributed by atoms with Crippen LogP contribution < -0.4 is 5.73 Å². The molecule has 0 aromatic heterocycles. The van der Waals surface area contributed by atoms with Gasteiger partial charge >= 0.3 is 0 Å². The van der Waals surface area contributed by atoms with Gasteiger partial charge in [-0.15, -0.1) is 0 Å². The Morgan fingerprint density at radius 2 is 2.05 bits per heavy atom. The monoisotopic (exact) mass is 319 g/mol. The smallest absolute Gasteiger partial charge is 0.0632 e. The lowest BCUT2D eigenvalue weighted by Crippen LogP contribution is -2.16. The summed E-state index contributed by atoms with van der Waals surface area (Å²) in [5, 5.41) is 0.580. The standard InChI is InChI=1S/C17H18ClNOS/c18-14-8-9-16(19)17(10-14)21(20)11-13-6-3-5-12-4-1-2-7-15(12)13/h1-2,4,7-10,13H,3,5-6,11,19H2. The van der Waals surface area contributed by atoms with Crippen molar-refractivity contribution in [3.05, 3.63) is 58.6 Å². The highest BCUT2D eigenvalue weighted by atomic mass is 35.5. The summed E-state index contributed by atoms with van der Waals surface area (Å²) in [6, 6.07) is 13.7. The topological polar surface area (TPSA) is 43.1 Å². The minimum absolute atomic E-state index is 0.342. The molecular formula is C17H18ClNOS. The number of nitrogens with two attached hydrogens (primary N) is 1. The van der Waals surface area contributed by atoms with Gasteiger partial charge in [-0.05, 0) is 54.5 Å². The molecular weight excluding hydrogens is 302 g/mol. The van der Waals surface area contributed by atoms with Crippen LogP contribution in [-0.2, 0) is 17.2 Å². The molecule has 2 aromatic carbocycles. The minimum atomic E-state index is -1.12. The van der Waals surface area contributed by atoms with Crippen LogP contribution >= 0.6 is 11.6 Å². The van der Waals surface area contributed by atoms with Crippen molar-refractivity contribution in [2.24, 2.45) is 0 Å². The summed E-state index contributed by atoms with van der Waals surface area (Å²) in [4.78, 5) is 0.658. The van der Waals surface area contributed by atoms with Crippen LogP contribution in [0.2, 0.25) is 5.02 Å². The summed E-state index contributed by atoms with van der Waals surface area (Å²) >= 11 is 5.99. The number of halogens is 1. The van der Waals surface area contributed by atoms with Gasteiger partial charge in [0.1, 0.15) is 0 Å². The molecule has 0 saturated heterocycles. The normalized spacial score (nSPS) is 19.0. The average molecular weight is 320 g/mol. The van der Waals surface area contributed by atoms with Gasteiger partial charge in [0, 0.05) is 16.5 Å². The number of rotatable bonds is 3. The van der Waals surface area contributed by atoms with Gasteiger partial charge in [-0.25, -0.2) is 0 Å². The van der Waals surface area contributed by atoms with Crippen molar-refractivity contribution in [1.29, 1.82) is 0 Å². The highest BCUT2D eigenvalue weighted by Crippen LogP contribution is 2.33. The maximum absolute atomic E-state index is 12.7. The van der Waals surface area contributed by atoms with Gasteiger partial charge in [0.15, 0.2) is 0 Å². The number of aryl methyl sites for hydroxylation is 1. The molecule has 0 radical (unpaired) electrons. The number of fused-ring (bicyclic) bond motifs is 1. The first-order valence-corrected chi connectivity index (χ1v) is 8.86. The second-order valence-electron chi connectivity index (χ2n) is 5.48. The molecule has 2 unspecified atom stereocenters. The first-order chi connectivity index (χ1) is 10.1. The molecule has 1 aliphatic rings. The largest absolute Gasteiger partial charge is 0.398 e. The van der Waals surface area contributed by atoms with Gasteiger partial charge in [0.05, 0.1) is 15.7 Å². The Balaban J connectivity index is 1.84. The van der Waals surface area contributed by atoms with E-state index in [9.17, 15) is 4.21 Å². The van der Waals surface area contributed by atoms with Crippen LogP contribution in [0, 0.1) is 0 Å². The first-order valence-electron chi connectivity index (χ1n) is 7.16. The van der Waals surface area contributed by atoms with Crippen LogP contribution in [0.5, 0.6) is 0 Å². The number of anilines is 1. The van der Waals surface area contributed by atoms with Gasteiger partial charge in [0.2, 0.25) is 0 Å². The van der Waals surface area contributed by atoms with Gasteiger partial charge in [-0.2, -0.15) is 0 Å². The Kier molecular flexibility index (Phi) is 4.32. The van der Waals surface area contributed by atoms with Crippen LogP contribution in [0.15, 0.2) is 47.4 Å². The molecule has 21 heavy (non-hydrogen) atoms. The number of hydrogen-bond donors (Lipinski definition) is 1. The third-order valence-corrected chi connectivity index (χ3v) is 5.85. The van der Waals surface area contributed by atoms with E-state index in [2.05, 4.69) is 24.3 Å². The Morgan fingerprint density at radius 3 is 2.90 bits per heavy atom. The van der Waals surface area contributed by atoms with Gasteiger partial charge in [-0.1, -0.05) is 35.9 Å². The van der Waals surface area contributed by atoms with Crippen molar-refractivity contribution in [1.82, 2.24) is 0 Å². The highest BCUT2D eigenvalue weighted by molar-refractivity contribution is 7.85. The fraction of sp³-hybridized carbons (Fsp3) is 0.294. The first kappa shape index (κ1) is 14.6. The highest BCUT2D eigenvalue weighted by Gasteiger charge is 2.23. The van der Waals surface area contributed by atoms with E-state index >= 15 is 0 Å². The molecule has 0 spiro atoms. The van der Waals surface area contributed by atoms with Crippen LogP contribution in [0.4, 0.5) is 5.69 Å². The Hall–Kier alpha value is -1.32. The van der Waals surface area contributed by atoms with Crippen LogP contribution in [0.3, 0.4) is 0 Å². The third-order valence-electron chi connectivity index (χ3n) is 4.07.